The van der Waals surface area contributed by atoms with Gasteiger partial charge in [-0.15, -0.1) is 0 Å². The van der Waals surface area contributed by atoms with Crippen LogP contribution < -0.4 is 0 Å². The highest BCUT2D eigenvalue weighted by Crippen LogP contribution is 2.48. The Morgan fingerprint density at radius 1 is 0.475 bits per heavy atom. The van der Waals surface area contributed by atoms with Gasteiger partial charge in [-0.25, -0.2) is 0 Å². The molecule has 4 rings (SSSR count). The van der Waals surface area contributed by atoms with Crippen LogP contribution in [0.3, 0.4) is 0 Å². The molecule has 3 nitrogen and oxygen atoms in total. The molecule has 0 N–H and O–H groups in total. The van der Waals surface area contributed by atoms with E-state index >= 15 is 4.79 Å². The molecule has 0 aromatic carbocycles. The maximum Gasteiger partial charge on any atom is 0.140 e. The third kappa shape index (κ3) is 8.53. The highest BCUT2D eigenvalue weighted by atomic mass is 16.1. The largest absolute Gasteiger partial charge is 0.299 e. The Labute approximate surface area is 246 Å². The second-order valence-electron chi connectivity index (χ2n) is 14.6. The maximum atomic E-state index is 15.0. The van der Waals surface area contributed by atoms with Crippen LogP contribution in [0.25, 0.3) is 0 Å². The van der Waals surface area contributed by atoms with Crippen LogP contribution in [0.15, 0.2) is 0 Å². The van der Waals surface area contributed by atoms with E-state index in [2.05, 4.69) is 13.8 Å². The highest BCUT2D eigenvalue weighted by Gasteiger charge is 2.46. The van der Waals surface area contributed by atoms with Crippen LogP contribution >= 0.6 is 0 Å². The number of ketones is 3. The van der Waals surface area contributed by atoms with E-state index in [-0.39, 0.29) is 23.7 Å². The number of Topliss-reactive ketones (excluding diaryl/α,β-unsaturated/α-hetero) is 3. The van der Waals surface area contributed by atoms with Crippen molar-refractivity contribution < 1.29 is 14.4 Å². The van der Waals surface area contributed by atoms with Gasteiger partial charge in [-0.1, -0.05) is 65.2 Å². The quantitative estimate of drug-likeness (QED) is 0.215. The second-order valence-corrected chi connectivity index (χ2v) is 14.6. The van der Waals surface area contributed by atoms with E-state index in [1.165, 1.54) is 64.2 Å². The third-order valence-corrected chi connectivity index (χ3v) is 12.0. The molecule has 40 heavy (non-hydrogen) atoms. The zero-order valence-corrected chi connectivity index (χ0v) is 26.3. The van der Waals surface area contributed by atoms with Crippen molar-refractivity contribution in [2.75, 3.05) is 0 Å². The normalized spacial score (nSPS) is 30.4. The molecule has 0 aliphatic heterocycles. The number of carbonyl (C=O) groups is 3. The molecule has 0 aromatic heterocycles. The first kappa shape index (κ1) is 31.9. The van der Waals surface area contributed by atoms with Crippen LogP contribution in [0.1, 0.15) is 168 Å². The lowest BCUT2D eigenvalue weighted by Gasteiger charge is -2.44. The summed E-state index contributed by atoms with van der Waals surface area (Å²) in [5.74, 6) is 4.70. The summed E-state index contributed by atoms with van der Waals surface area (Å²) in [7, 11) is 0. The number of hydrogen-bond acceptors (Lipinski definition) is 3. The molecule has 2 unspecified atom stereocenters. The molecule has 0 aromatic rings. The monoisotopic (exact) mass is 554 g/mol. The molecule has 4 aliphatic carbocycles. The number of hydrogen-bond donors (Lipinski definition) is 0. The summed E-state index contributed by atoms with van der Waals surface area (Å²) in [6, 6.07) is 0. The van der Waals surface area contributed by atoms with Crippen LogP contribution in [0.2, 0.25) is 0 Å². The summed E-state index contributed by atoms with van der Waals surface area (Å²) in [5, 5.41) is 0. The van der Waals surface area contributed by atoms with Crippen molar-refractivity contribution in [2.24, 2.45) is 47.3 Å². The average molecular weight is 555 g/mol. The topological polar surface area (TPSA) is 51.2 Å². The van der Waals surface area contributed by atoms with E-state index in [0.717, 1.165) is 89.9 Å². The maximum absolute atomic E-state index is 15.0. The molecule has 0 spiro atoms. The van der Waals surface area contributed by atoms with Gasteiger partial charge in [0.15, 0.2) is 0 Å². The molecular weight excluding hydrogens is 492 g/mol. The lowest BCUT2D eigenvalue weighted by Crippen LogP contribution is -2.44. The van der Waals surface area contributed by atoms with Gasteiger partial charge in [0.05, 0.1) is 0 Å². The Bertz CT molecular complexity index is 709. The standard InChI is InChI=1S/C37H62O3/c1-3-5-17-33(38)27-19-23-31(24-20-27)35(29-13-9-7-10-14-29)37(40)36(30-15-11-8-12-16-30)32-25-21-28(22-26-32)34(39)18-6-4-2/h27-32,35-36H,3-26H2,1-2H3. The number of rotatable bonds is 14. The molecule has 3 heteroatoms. The smallest absolute Gasteiger partial charge is 0.140 e. The summed E-state index contributed by atoms with van der Waals surface area (Å²) in [6.07, 6.45) is 26.9. The van der Waals surface area contributed by atoms with E-state index in [9.17, 15) is 9.59 Å². The van der Waals surface area contributed by atoms with Gasteiger partial charge in [0.25, 0.3) is 0 Å². The predicted octanol–water partition coefficient (Wildman–Crippen LogP) is 10.1. The van der Waals surface area contributed by atoms with Gasteiger partial charge in [-0.2, -0.15) is 0 Å². The second kappa shape index (κ2) is 16.6. The minimum atomic E-state index is 0.225. The zero-order valence-electron chi connectivity index (χ0n) is 26.3. The van der Waals surface area contributed by atoms with Crippen molar-refractivity contribution in [3.63, 3.8) is 0 Å². The van der Waals surface area contributed by atoms with E-state index in [1.807, 2.05) is 0 Å². The molecule has 4 saturated carbocycles. The van der Waals surface area contributed by atoms with Crippen molar-refractivity contribution >= 4 is 17.3 Å². The average Bonchev–Trinajstić information content (AvgIpc) is 3.00. The first-order valence-electron chi connectivity index (χ1n) is 18.1. The van der Waals surface area contributed by atoms with Gasteiger partial charge in [0.1, 0.15) is 17.3 Å². The SMILES string of the molecule is CCCCC(=O)C1CCC(C(C(=O)C(C2CCCCC2)C2CCC(C(=O)CCCC)CC2)C2CCCCC2)CC1. The van der Waals surface area contributed by atoms with Crippen LogP contribution in [0.4, 0.5) is 0 Å². The molecule has 0 bridgehead atoms. The Kier molecular flexibility index (Phi) is 13.2. The van der Waals surface area contributed by atoms with Gasteiger partial charge in [-0.3, -0.25) is 14.4 Å². The van der Waals surface area contributed by atoms with Gasteiger partial charge < -0.3 is 0 Å². The van der Waals surface area contributed by atoms with Crippen LogP contribution in [0.5, 0.6) is 0 Å². The van der Waals surface area contributed by atoms with Crippen molar-refractivity contribution in [1.82, 2.24) is 0 Å². The van der Waals surface area contributed by atoms with Crippen LogP contribution in [-0.2, 0) is 14.4 Å². The lowest BCUT2D eigenvalue weighted by atomic mass is 9.59. The molecular formula is C37H62O3. The van der Waals surface area contributed by atoms with Crippen LogP contribution in [0, 0.1) is 47.3 Å². The van der Waals surface area contributed by atoms with E-state index < -0.39 is 0 Å². The highest BCUT2D eigenvalue weighted by molar-refractivity contribution is 5.85. The molecule has 4 aliphatic rings. The number of unbranched alkanes of at least 4 members (excludes halogenated alkanes) is 2. The summed E-state index contributed by atoms with van der Waals surface area (Å²) >= 11 is 0. The van der Waals surface area contributed by atoms with Crippen molar-refractivity contribution in [3.05, 3.63) is 0 Å². The molecule has 2 atom stereocenters. The fourth-order valence-electron chi connectivity index (χ4n) is 9.62. The molecule has 0 heterocycles. The Hall–Kier alpha value is -0.990. The molecule has 4 fully saturated rings. The molecule has 0 amide bonds. The minimum absolute atomic E-state index is 0.225. The molecule has 0 saturated heterocycles. The first-order valence-corrected chi connectivity index (χ1v) is 18.1. The first-order chi connectivity index (χ1) is 19.5. The van der Waals surface area contributed by atoms with Gasteiger partial charge >= 0.3 is 0 Å². The van der Waals surface area contributed by atoms with Crippen LogP contribution in [-0.4, -0.2) is 17.3 Å². The fourth-order valence-corrected chi connectivity index (χ4v) is 9.62. The van der Waals surface area contributed by atoms with Gasteiger partial charge in [0, 0.05) is 36.5 Å². The summed E-state index contributed by atoms with van der Waals surface area (Å²) in [4.78, 5) is 40.7. The third-order valence-electron chi connectivity index (χ3n) is 12.0. The predicted molar refractivity (Wildman–Crippen MR) is 165 cm³/mol. The summed E-state index contributed by atoms with van der Waals surface area (Å²) in [6.45, 7) is 4.34. The van der Waals surface area contributed by atoms with Crippen molar-refractivity contribution in [2.45, 2.75) is 168 Å². The Balaban J connectivity index is 1.49. The van der Waals surface area contributed by atoms with E-state index in [1.54, 1.807) is 0 Å². The van der Waals surface area contributed by atoms with Crippen molar-refractivity contribution in [3.8, 4) is 0 Å². The Morgan fingerprint density at radius 2 is 0.800 bits per heavy atom. The lowest BCUT2D eigenvalue weighted by molar-refractivity contribution is -0.137. The van der Waals surface area contributed by atoms with E-state index in [0.29, 0.717) is 41.0 Å². The zero-order chi connectivity index (χ0) is 28.3. The van der Waals surface area contributed by atoms with Gasteiger partial charge in [-0.05, 0) is 114 Å². The van der Waals surface area contributed by atoms with E-state index in [4.69, 9.17) is 0 Å². The Morgan fingerprint density at radius 3 is 1.12 bits per heavy atom. The van der Waals surface area contributed by atoms with Gasteiger partial charge in [0.2, 0.25) is 0 Å². The summed E-state index contributed by atoms with van der Waals surface area (Å²) < 4.78 is 0. The number of carbonyl (C=O) groups excluding carboxylic acids is 3. The van der Waals surface area contributed by atoms with Crippen molar-refractivity contribution in [1.29, 1.82) is 0 Å². The minimum Gasteiger partial charge on any atom is -0.299 e. The molecule has 0 radical (unpaired) electrons. The molecule has 228 valence electrons. The fraction of sp³-hybridized carbons (Fsp3) is 0.919. The summed E-state index contributed by atoms with van der Waals surface area (Å²) in [5.41, 5.74) is 0.